The number of allylic oxidation sites excluding steroid dienone is 2. The first-order valence-corrected chi connectivity index (χ1v) is 14.1. The number of hydrogen-bond donors (Lipinski definition) is 1. The lowest BCUT2D eigenvalue weighted by Crippen LogP contribution is -2.60. The molecule has 6 rings (SSSR count). The molecule has 2 saturated heterocycles. The van der Waals surface area contributed by atoms with E-state index in [4.69, 9.17) is 27.9 Å². The summed E-state index contributed by atoms with van der Waals surface area (Å²) in [5, 5.41) is 11.1. The van der Waals surface area contributed by atoms with Gasteiger partial charge in [0.25, 0.3) is 11.8 Å². The Bertz CT molecular complexity index is 1810. The summed E-state index contributed by atoms with van der Waals surface area (Å²) in [4.78, 5) is 61.7. The Morgan fingerprint density at radius 2 is 1.52 bits per heavy atom. The fourth-order valence-electron chi connectivity index (χ4n) is 7.08. The van der Waals surface area contributed by atoms with Crippen LogP contribution in [0, 0.1) is 46.8 Å². The Balaban J connectivity index is 1.61. The topological polar surface area (TPSA) is 131 Å². The van der Waals surface area contributed by atoms with Crippen molar-refractivity contribution >= 4 is 58.6 Å². The molecule has 2 aromatic rings. The average Bonchev–Trinajstić information content (AvgIpc) is 3.37. The minimum absolute atomic E-state index is 0.0845. The number of phenolic OH excluding ortho intramolecular Hbond substituents is 1. The number of methoxy groups -OCH3 is 2. The van der Waals surface area contributed by atoms with E-state index in [-0.39, 0.29) is 33.1 Å². The van der Waals surface area contributed by atoms with Crippen LogP contribution in [0.5, 0.6) is 11.5 Å². The van der Waals surface area contributed by atoms with Gasteiger partial charge in [-0.15, -0.1) is 23.2 Å². The molecule has 5 amide bonds. The van der Waals surface area contributed by atoms with Crippen molar-refractivity contribution in [2.75, 3.05) is 19.1 Å². The number of carbonyl (C=O) groups is 5. The van der Waals surface area contributed by atoms with E-state index in [0.717, 1.165) is 13.2 Å². The van der Waals surface area contributed by atoms with E-state index in [1.807, 2.05) is 0 Å². The van der Waals surface area contributed by atoms with Gasteiger partial charge in [-0.05, 0) is 24.8 Å². The lowest BCUT2D eigenvalue weighted by Gasteiger charge is -2.50. The van der Waals surface area contributed by atoms with Gasteiger partial charge in [0.05, 0.1) is 26.1 Å². The van der Waals surface area contributed by atoms with Crippen LogP contribution in [0.1, 0.15) is 24.3 Å². The van der Waals surface area contributed by atoms with E-state index in [1.165, 1.54) is 25.3 Å². The third kappa shape index (κ3) is 3.78. The second-order valence-corrected chi connectivity index (χ2v) is 12.3. The second kappa shape index (κ2) is 10.4. The largest absolute Gasteiger partial charge is 0.508 e. The number of halogens is 7. The van der Waals surface area contributed by atoms with Gasteiger partial charge in [0, 0.05) is 17.5 Å². The van der Waals surface area contributed by atoms with Crippen molar-refractivity contribution in [1.82, 2.24) is 4.90 Å². The smallest absolute Gasteiger partial charge is 0.423 e. The highest BCUT2D eigenvalue weighted by molar-refractivity contribution is 6.58. The molecule has 2 aromatic carbocycles. The van der Waals surface area contributed by atoms with Gasteiger partial charge in [-0.3, -0.25) is 19.2 Å². The van der Waals surface area contributed by atoms with Gasteiger partial charge in [0.15, 0.2) is 33.0 Å². The van der Waals surface area contributed by atoms with Crippen molar-refractivity contribution in [2.45, 2.75) is 28.5 Å². The molecule has 1 N–H and O–H groups in total. The zero-order chi connectivity index (χ0) is 33.8. The number of aromatic hydroxyl groups is 1. The fourth-order valence-corrected chi connectivity index (χ4v) is 8.00. The van der Waals surface area contributed by atoms with Crippen LogP contribution >= 0.6 is 23.2 Å². The number of imide groups is 4. The van der Waals surface area contributed by atoms with E-state index in [2.05, 4.69) is 4.74 Å². The number of benzene rings is 2. The van der Waals surface area contributed by atoms with E-state index in [0.29, 0.717) is 0 Å². The molecule has 1 saturated carbocycles. The maximum absolute atomic E-state index is 15.1. The van der Waals surface area contributed by atoms with Gasteiger partial charge in [0.1, 0.15) is 17.2 Å². The summed E-state index contributed by atoms with van der Waals surface area (Å²) in [7, 11) is 2.21. The quantitative estimate of drug-likeness (QED) is 0.125. The summed E-state index contributed by atoms with van der Waals surface area (Å²) in [5.74, 6) is -23.9. The number of hydrogen-bond acceptors (Lipinski definition) is 8. The van der Waals surface area contributed by atoms with Crippen LogP contribution in [0.2, 0.25) is 0 Å². The van der Waals surface area contributed by atoms with Crippen LogP contribution in [-0.4, -0.2) is 63.7 Å². The van der Waals surface area contributed by atoms with Crippen molar-refractivity contribution in [3.8, 4) is 11.5 Å². The van der Waals surface area contributed by atoms with Crippen LogP contribution in [0.4, 0.5) is 32.4 Å². The summed E-state index contributed by atoms with van der Waals surface area (Å²) >= 11 is 13.9. The van der Waals surface area contributed by atoms with E-state index in [9.17, 15) is 42.3 Å². The molecule has 0 spiro atoms. The molecule has 17 heteroatoms. The van der Waals surface area contributed by atoms with Gasteiger partial charge >= 0.3 is 6.09 Å². The SMILES string of the molecule is COC(=O)N1C(=O)C2CC=C3C(CC4(Cl)C(=O)N(c5c(F)c(F)c(F)c(F)c5F)C(=O)C4(Cl)C3c3ccc(OC)cc3O)C2C1=O. The van der Waals surface area contributed by atoms with Crippen molar-refractivity contribution in [3.63, 3.8) is 0 Å². The van der Waals surface area contributed by atoms with Crippen molar-refractivity contribution in [2.24, 2.45) is 17.8 Å². The molecule has 46 heavy (non-hydrogen) atoms. The standard InChI is InChI=1S/C29H19Cl2F5N2O8/c1-45-9-3-4-11(14(39)7-9)16-10-5-6-12-15(24(41)38(23(12)40)27(44)46-2)13(10)8-28(30)25(42)37(26(43)29(16,28)31)22-20(35)18(33)17(32)19(34)21(22)36/h3-5,7,12-13,15-16,39H,6,8H2,1-2H3. The molecule has 10 nitrogen and oxygen atoms in total. The third-order valence-electron chi connectivity index (χ3n) is 9.13. The van der Waals surface area contributed by atoms with Gasteiger partial charge in [-0.25, -0.2) is 31.6 Å². The molecule has 0 aromatic heterocycles. The van der Waals surface area contributed by atoms with E-state index < -0.39 is 110 Å². The molecule has 2 heterocycles. The summed E-state index contributed by atoms with van der Waals surface area (Å²) < 4.78 is 82.3. The number of carbonyl (C=O) groups excluding carboxylic acids is 5. The normalized spacial score (nSPS) is 30.2. The monoisotopic (exact) mass is 688 g/mol. The highest BCUT2D eigenvalue weighted by atomic mass is 35.5. The van der Waals surface area contributed by atoms with Gasteiger partial charge < -0.3 is 14.6 Å². The van der Waals surface area contributed by atoms with Crippen molar-refractivity contribution in [1.29, 1.82) is 0 Å². The minimum atomic E-state index is -2.82. The van der Waals surface area contributed by atoms with Gasteiger partial charge in [-0.1, -0.05) is 17.7 Å². The molecule has 0 bridgehead atoms. The predicted octanol–water partition coefficient (Wildman–Crippen LogP) is 4.43. The highest BCUT2D eigenvalue weighted by Crippen LogP contribution is 2.66. The predicted molar refractivity (Wildman–Crippen MR) is 145 cm³/mol. The van der Waals surface area contributed by atoms with Crippen LogP contribution < -0.4 is 9.64 Å². The maximum atomic E-state index is 15.1. The molecule has 2 aliphatic heterocycles. The Morgan fingerprint density at radius 1 is 0.913 bits per heavy atom. The number of nitrogens with zero attached hydrogens (tertiary/aromatic N) is 2. The van der Waals surface area contributed by atoms with Gasteiger partial charge in [-0.2, -0.15) is 4.90 Å². The first kappa shape index (κ1) is 31.7. The summed E-state index contributed by atoms with van der Waals surface area (Å²) in [6.07, 6.45) is -0.856. The first-order chi connectivity index (χ1) is 21.6. The van der Waals surface area contributed by atoms with Crippen LogP contribution in [0.15, 0.2) is 29.8 Å². The average molecular weight is 689 g/mol. The number of amides is 5. The zero-order valence-corrected chi connectivity index (χ0v) is 24.9. The lowest BCUT2D eigenvalue weighted by atomic mass is 9.56. The molecule has 0 radical (unpaired) electrons. The summed E-state index contributed by atoms with van der Waals surface area (Å²) in [6, 6.07) is 3.66. The minimum Gasteiger partial charge on any atom is -0.508 e. The number of alkyl halides is 2. The molecule has 6 atom stereocenters. The molecule has 3 fully saturated rings. The first-order valence-electron chi connectivity index (χ1n) is 13.4. The highest BCUT2D eigenvalue weighted by Gasteiger charge is 2.77. The molecule has 4 aliphatic rings. The molecular weight excluding hydrogens is 670 g/mol. The molecule has 242 valence electrons. The molecule has 6 unspecified atom stereocenters. The second-order valence-electron chi connectivity index (χ2n) is 11.1. The molecule has 2 aliphatic carbocycles. The fraction of sp³-hybridized carbons (Fsp3) is 0.345. The van der Waals surface area contributed by atoms with Crippen molar-refractivity contribution in [3.05, 3.63) is 64.5 Å². The third-order valence-corrected chi connectivity index (χ3v) is 10.5. The summed E-state index contributed by atoms with van der Waals surface area (Å²) in [5.41, 5.74) is -2.05. The number of rotatable bonds is 3. The Labute approximate surface area is 265 Å². The maximum Gasteiger partial charge on any atom is 0.423 e. The molecular formula is C29H19Cl2F5N2O8. The number of likely N-dealkylation sites (tertiary alicyclic amines) is 1. The summed E-state index contributed by atoms with van der Waals surface area (Å²) in [6.45, 7) is 0. The number of phenols is 1. The van der Waals surface area contributed by atoms with Crippen LogP contribution in [0.3, 0.4) is 0 Å². The number of fused-ring (bicyclic) bond motifs is 4. The van der Waals surface area contributed by atoms with E-state index in [1.54, 1.807) is 0 Å². The number of anilines is 1. The number of ether oxygens (including phenoxy) is 2. The van der Waals surface area contributed by atoms with Crippen molar-refractivity contribution < 1.29 is 60.5 Å². The van der Waals surface area contributed by atoms with E-state index >= 15 is 8.78 Å². The van der Waals surface area contributed by atoms with Crippen LogP contribution in [-0.2, 0) is 23.9 Å². The Kier molecular flexibility index (Phi) is 7.17. The lowest BCUT2D eigenvalue weighted by molar-refractivity contribution is -0.138. The Hall–Kier alpha value is -4.24. The van der Waals surface area contributed by atoms with Crippen LogP contribution in [0.25, 0.3) is 0 Å². The Morgan fingerprint density at radius 3 is 2.09 bits per heavy atom. The zero-order valence-electron chi connectivity index (χ0n) is 23.4. The van der Waals surface area contributed by atoms with Gasteiger partial charge in [0.2, 0.25) is 17.6 Å².